The molecule has 4 heteroatoms. The molecule has 0 aromatic heterocycles. The molecule has 2 aromatic carbocycles. The lowest BCUT2D eigenvalue weighted by atomic mass is 10.0. The zero-order valence-corrected chi connectivity index (χ0v) is 11.6. The molecule has 1 atom stereocenters. The lowest BCUT2D eigenvalue weighted by molar-refractivity contribution is 0.178. The number of nitriles is 1. The van der Waals surface area contributed by atoms with Gasteiger partial charge in [-0.25, -0.2) is 4.39 Å². The Hall–Kier alpha value is -1.70. The van der Waals surface area contributed by atoms with Gasteiger partial charge in [0.15, 0.2) is 0 Å². The molecule has 0 heterocycles. The Labute approximate surface area is 119 Å². The van der Waals surface area contributed by atoms with Gasteiger partial charge >= 0.3 is 0 Å². The van der Waals surface area contributed by atoms with Crippen molar-refractivity contribution in [1.29, 1.82) is 5.26 Å². The third kappa shape index (κ3) is 3.63. The van der Waals surface area contributed by atoms with Crippen molar-refractivity contribution < 1.29 is 9.50 Å². The molecule has 19 heavy (non-hydrogen) atoms. The molecule has 0 spiro atoms. The molecule has 96 valence electrons. The molecule has 0 saturated heterocycles. The highest BCUT2D eigenvalue weighted by atomic mass is 79.9. The van der Waals surface area contributed by atoms with Gasteiger partial charge in [0.2, 0.25) is 0 Å². The molecule has 0 aliphatic carbocycles. The average Bonchev–Trinajstić information content (AvgIpc) is 2.37. The van der Waals surface area contributed by atoms with Crippen LogP contribution in [0.5, 0.6) is 0 Å². The maximum atomic E-state index is 13.2. The number of aliphatic hydroxyl groups is 1. The van der Waals surface area contributed by atoms with Crippen LogP contribution in [0, 0.1) is 17.1 Å². The third-order valence-electron chi connectivity index (χ3n) is 2.78. The highest BCUT2D eigenvalue weighted by molar-refractivity contribution is 9.10. The zero-order valence-electron chi connectivity index (χ0n) is 9.98. The Morgan fingerprint density at radius 2 is 1.89 bits per heavy atom. The maximum absolute atomic E-state index is 13.2. The van der Waals surface area contributed by atoms with Crippen LogP contribution in [0.25, 0.3) is 0 Å². The van der Waals surface area contributed by atoms with Gasteiger partial charge in [0.25, 0.3) is 0 Å². The molecule has 1 N–H and O–H groups in total. The lowest BCUT2D eigenvalue weighted by Crippen LogP contribution is -2.02. The Bertz CT molecular complexity index is 599. The van der Waals surface area contributed by atoms with E-state index in [1.807, 2.05) is 6.07 Å². The van der Waals surface area contributed by atoms with Crippen LogP contribution in [0.1, 0.15) is 22.8 Å². The Morgan fingerprint density at radius 3 is 2.47 bits per heavy atom. The average molecular weight is 320 g/mol. The first kappa shape index (κ1) is 13.7. The van der Waals surface area contributed by atoms with Crippen LogP contribution in [0.15, 0.2) is 46.9 Å². The number of nitrogens with zero attached hydrogens (tertiary/aromatic N) is 1. The van der Waals surface area contributed by atoms with E-state index in [4.69, 9.17) is 5.26 Å². The minimum atomic E-state index is -0.721. The summed E-state index contributed by atoms with van der Waals surface area (Å²) < 4.78 is 13.9. The van der Waals surface area contributed by atoms with Gasteiger partial charge in [-0.05, 0) is 41.5 Å². The first-order chi connectivity index (χ1) is 9.08. The number of hydrogen-bond acceptors (Lipinski definition) is 2. The van der Waals surface area contributed by atoms with Gasteiger partial charge in [-0.2, -0.15) is 5.26 Å². The zero-order chi connectivity index (χ0) is 13.8. The van der Waals surface area contributed by atoms with E-state index in [1.54, 1.807) is 30.3 Å². The van der Waals surface area contributed by atoms with Crippen molar-refractivity contribution >= 4 is 15.9 Å². The monoisotopic (exact) mass is 319 g/mol. The summed E-state index contributed by atoms with van der Waals surface area (Å²) in [6, 6.07) is 13.3. The number of halogens is 2. The second-order valence-electron chi connectivity index (χ2n) is 4.23. The normalized spacial score (nSPS) is 11.9. The predicted molar refractivity (Wildman–Crippen MR) is 73.9 cm³/mol. The molecule has 0 aliphatic heterocycles. The summed E-state index contributed by atoms with van der Waals surface area (Å²) >= 11 is 3.22. The van der Waals surface area contributed by atoms with Crippen LogP contribution >= 0.6 is 15.9 Å². The Kier molecular flexibility index (Phi) is 4.31. The van der Waals surface area contributed by atoms with Crippen molar-refractivity contribution in [2.45, 2.75) is 12.5 Å². The highest BCUT2D eigenvalue weighted by Gasteiger charge is 2.10. The standard InChI is InChI=1S/C15H11BrFNO/c16-13-5-11(6-14(17)8-13)7-15(19)12-3-1-10(9-18)2-4-12/h1-6,8,15,19H,7H2. The van der Waals surface area contributed by atoms with Crippen molar-refractivity contribution in [3.63, 3.8) is 0 Å². The minimum Gasteiger partial charge on any atom is -0.388 e. The second-order valence-corrected chi connectivity index (χ2v) is 5.15. The van der Waals surface area contributed by atoms with Gasteiger partial charge in [0, 0.05) is 10.9 Å². The summed E-state index contributed by atoms with van der Waals surface area (Å²) in [5.41, 5.74) is 1.97. The van der Waals surface area contributed by atoms with E-state index in [1.165, 1.54) is 12.1 Å². The summed E-state index contributed by atoms with van der Waals surface area (Å²) in [7, 11) is 0. The van der Waals surface area contributed by atoms with Gasteiger partial charge in [-0.1, -0.05) is 28.1 Å². The van der Waals surface area contributed by atoms with Gasteiger partial charge in [-0.15, -0.1) is 0 Å². The van der Waals surface area contributed by atoms with Crippen LogP contribution in [0.2, 0.25) is 0 Å². The van der Waals surface area contributed by atoms with Crippen molar-refractivity contribution in [1.82, 2.24) is 0 Å². The summed E-state index contributed by atoms with van der Waals surface area (Å²) in [4.78, 5) is 0. The molecule has 0 saturated carbocycles. The minimum absolute atomic E-state index is 0.322. The molecule has 2 aromatic rings. The van der Waals surface area contributed by atoms with Crippen molar-refractivity contribution in [3.8, 4) is 6.07 Å². The van der Waals surface area contributed by atoms with Gasteiger partial charge in [-0.3, -0.25) is 0 Å². The van der Waals surface area contributed by atoms with Crippen LogP contribution in [-0.4, -0.2) is 5.11 Å². The number of benzene rings is 2. The van der Waals surface area contributed by atoms with Gasteiger partial charge in [0.05, 0.1) is 17.7 Å². The first-order valence-electron chi connectivity index (χ1n) is 5.71. The molecule has 0 radical (unpaired) electrons. The summed E-state index contributed by atoms with van der Waals surface area (Å²) in [6.07, 6.45) is -0.399. The van der Waals surface area contributed by atoms with E-state index in [0.717, 1.165) is 0 Å². The Balaban J connectivity index is 2.15. The van der Waals surface area contributed by atoms with E-state index in [9.17, 15) is 9.50 Å². The van der Waals surface area contributed by atoms with E-state index in [-0.39, 0.29) is 5.82 Å². The van der Waals surface area contributed by atoms with Crippen LogP contribution in [0.4, 0.5) is 4.39 Å². The molecule has 2 nitrogen and oxygen atoms in total. The third-order valence-corrected chi connectivity index (χ3v) is 3.23. The first-order valence-corrected chi connectivity index (χ1v) is 6.51. The summed E-state index contributed by atoms with van der Waals surface area (Å²) in [5.74, 6) is -0.337. The molecular weight excluding hydrogens is 309 g/mol. The smallest absolute Gasteiger partial charge is 0.124 e. The van der Waals surface area contributed by atoms with Crippen LogP contribution in [-0.2, 0) is 6.42 Å². The van der Waals surface area contributed by atoms with Crippen LogP contribution in [0.3, 0.4) is 0 Å². The maximum Gasteiger partial charge on any atom is 0.124 e. The summed E-state index contributed by atoms with van der Waals surface area (Å²) in [6.45, 7) is 0. The molecule has 0 aliphatic rings. The second kappa shape index (κ2) is 5.96. The fraction of sp³-hybridized carbons (Fsp3) is 0.133. The topological polar surface area (TPSA) is 44.0 Å². The van der Waals surface area contributed by atoms with Crippen molar-refractivity contribution in [3.05, 3.63) is 69.4 Å². The van der Waals surface area contributed by atoms with Gasteiger partial charge < -0.3 is 5.11 Å². The lowest BCUT2D eigenvalue weighted by Gasteiger charge is -2.11. The SMILES string of the molecule is N#Cc1ccc(C(O)Cc2cc(F)cc(Br)c2)cc1. The number of hydrogen-bond donors (Lipinski definition) is 1. The molecule has 0 amide bonds. The highest BCUT2D eigenvalue weighted by Crippen LogP contribution is 2.22. The van der Waals surface area contributed by atoms with Gasteiger partial charge in [0.1, 0.15) is 5.82 Å². The molecule has 0 bridgehead atoms. The largest absolute Gasteiger partial charge is 0.388 e. The Morgan fingerprint density at radius 1 is 1.21 bits per heavy atom. The van der Waals surface area contributed by atoms with Crippen LogP contribution < -0.4 is 0 Å². The molecule has 1 unspecified atom stereocenters. The van der Waals surface area contributed by atoms with E-state index in [0.29, 0.717) is 27.6 Å². The molecule has 2 rings (SSSR count). The summed E-state index contributed by atoms with van der Waals surface area (Å²) in [5, 5.41) is 18.8. The fourth-order valence-corrected chi connectivity index (χ4v) is 2.36. The van der Waals surface area contributed by atoms with Crippen molar-refractivity contribution in [2.75, 3.05) is 0 Å². The number of rotatable bonds is 3. The predicted octanol–water partition coefficient (Wildman–Crippen LogP) is 3.74. The molecule has 0 fully saturated rings. The number of aliphatic hydroxyl groups excluding tert-OH is 1. The quantitative estimate of drug-likeness (QED) is 0.936. The molecular formula is C15H11BrFNO. The van der Waals surface area contributed by atoms with E-state index in [2.05, 4.69) is 15.9 Å². The van der Waals surface area contributed by atoms with E-state index >= 15 is 0 Å². The van der Waals surface area contributed by atoms with Crippen molar-refractivity contribution in [2.24, 2.45) is 0 Å². The fourth-order valence-electron chi connectivity index (χ4n) is 1.85. The van der Waals surface area contributed by atoms with E-state index < -0.39 is 6.10 Å².